The van der Waals surface area contributed by atoms with Gasteiger partial charge in [0, 0.05) is 10.9 Å². The Balaban J connectivity index is 1.51. The summed E-state index contributed by atoms with van der Waals surface area (Å²) in [5.74, 6) is -0.705. The quantitative estimate of drug-likeness (QED) is 0.305. The van der Waals surface area contributed by atoms with Gasteiger partial charge in [-0.15, -0.1) is 0 Å². The number of fused-ring (bicyclic) bond motifs is 2. The second kappa shape index (κ2) is 8.60. The van der Waals surface area contributed by atoms with E-state index in [1.165, 1.54) is 0 Å². The Morgan fingerprint density at radius 1 is 0.844 bits per heavy atom. The van der Waals surface area contributed by atoms with Crippen LogP contribution in [0.15, 0.2) is 84.9 Å². The molecule has 0 fully saturated rings. The van der Waals surface area contributed by atoms with Gasteiger partial charge in [-0.25, -0.2) is 9.78 Å². The van der Waals surface area contributed by atoms with Crippen molar-refractivity contribution >= 4 is 34.3 Å². The van der Waals surface area contributed by atoms with E-state index >= 15 is 0 Å². The lowest BCUT2D eigenvalue weighted by molar-refractivity contribution is 0.0475. The minimum Gasteiger partial charge on any atom is -0.454 e. The molecule has 156 valence electrons. The van der Waals surface area contributed by atoms with Crippen LogP contribution in [0.25, 0.3) is 22.6 Å². The standard InChI is InChI=1S/C28H21NO3/c30-25(20-11-5-2-6-12-20)18-32-28(31)26-22-13-7-8-14-24(22)29-27-21(15-16-23(26)27)17-19-9-3-1-4-10-19/h1-14,17H,15-16,18H2/b21-17+. The first kappa shape index (κ1) is 19.9. The molecule has 0 bridgehead atoms. The van der Waals surface area contributed by atoms with Crippen molar-refractivity contribution in [2.75, 3.05) is 6.61 Å². The summed E-state index contributed by atoms with van der Waals surface area (Å²) in [7, 11) is 0. The number of esters is 1. The summed E-state index contributed by atoms with van der Waals surface area (Å²) < 4.78 is 5.50. The minimum atomic E-state index is -0.481. The summed E-state index contributed by atoms with van der Waals surface area (Å²) in [6.07, 6.45) is 3.64. The van der Waals surface area contributed by atoms with Crippen molar-refractivity contribution in [2.24, 2.45) is 0 Å². The monoisotopic (exact) mass is 419 g/mol. The number of ether oxygens (including phenoxy) is 1. The molecule has 0 saturated heterocycles. The van der Waals surface area contributed by atoms with Gasteiger partial charge in [-0.05, 0) is 41.7 Å². The SMILES string of the molecule is O=C(COC(=O)c1c2c(nc3ccccc13)/C(=C/c1ccccc1)CC2)c1ccccc1. The maximum absolute atomic E-state index is 13.2. The van der Waals surface area contributed by atoms with E-state index in [1.54, 1.807) is 24.3 Å². The number of rotatable bonds is 5. The molecule has 0 aliphatic heterocycles. The van der Waals surface area contributed by atoms with Crippen LogP contribution in [0.2, 0.25) is 0 Å². The van der Waals surface area contributed by atoms with E-state index in [0.717, 1.165) is 39.7 Å². The largest absolute Gasteiger partial charge is 0.454 e. The fourth-order valence-corrected chi connectivity index (χ4v) is 4.17. The lowest BCUT2D eigenvalue weighted by Gasteiger charge is -2.12. The molecule has 4 heteroatoms. The number of pyridine rings is 1. The van der Waals surface area contributed by atoms with Crippen molar-refractivity contribution in [1.29, 1.82) is 0 Å². The van der Waals surface area contributed by atoms with Gasteiger partial charge in [0.05, 0.1) is 16.8 Å². The highest BCUT2D eigenvalue weighted by atomic mass is 16.5. The third kappa shape index (κ3) is 3.83. The van der Waals surface area contributed by atoms with Gasteiger partial charge in [-0.1, -0.05) is 78.9 Å². The van der Waals surface area contributed by atoms with E-state index < -0.39 is 5.97 Å². The number of para-hydroxylation sites is 1. The first-order valence-corrected chi connectivity index (χ1v) is 10.6. The van der Waals surface area contributed by atoms with Crippen molar-refractivity contribution in [3.8, 4) is 0 Å². The van der Waals surface area contributed by atoms with Crippen molar-refractivity contribution in [3.05, 3.63) is 113 Å². The van der Waals surface area contributed by atoms with E-state index in [1.807, 2.05) is 48.5 Å². The molecule has 5 rings (SSSR count). The maximum Gasteiger partial charge on any atom is 0.339 e. The van der Waals surface area contributed by atoms with E-state index in [0.29, 0.717) is 17.5 Å². The number of nitrogens with zero attached hydrogens (tertiary/aromatic N) is 1. The predicted molar refractivity (Wildman–Crippen MR) is 125 cm³/mol. The van der Waals surface area contributed by atoms with Crippen LogP contribution in [0.4, 0.5) is 0 Å². The Hall–Kier alpha value is -4.05. The van der Waals surface area contributed by atoms with Crippen LogP contribution >= 0.6 is 0 Å². The molecule has 0 atom stereocenters. The molecule has 1 aliphatic carbocycles. The number of aromatic nitrogens is 1. The first-order valence-electron chi connectivity index (χ1n) is 10.6. The van der Waals surface area contributed by atoms with Gasteiger partial charge in [0.2, 0.25) is 0 Å². The summed E-state index contributed by atoms with van der Waals surface area (Å²) in [5, 5.41) is 0.754. The van der Waals surface area contributed by atoms with Gasteiger partial charge in [-0.2, -0.15) is 0 Å². The van der Waals surface area contributed by atoms with Gasteiger partial charge in [0.15, 0.2) is 12.4 Å². The van der Waals surface area contributed by atoms with Crippen molar-refractivity contribution in [3.63, 3.8) is 0 Å². The second-order valence-electron chi connectivity index (χ2n) is 7.78. The molecule has 0 saturated carbocycles. The fraction of sp³-hybridized carbons (Fsp3) is 0.107. The van der Waals surface area contributed by atoms with Gasteiger partial charge in [0.25, 0.3) is 0 Å². The van der Waals surface area contributed by atoms with Crippen molar-refractivity contribution in [2.45, 2.75) is 12.8 Å². The van der Waals surface area contributed by atoms with Crippen molar-refractivity contribution < 1.29 is 14.3 Å². The minimum absolute atomic E-state index is 0.224. The molecule has 3 aromatic carbocycles. The first-order chi connectivity index (χ1) is 15.7. The number of ketones is 1. The lowest BCUT2D eigenvalue weighted by Crippen LogP contribution is -2.16. The topological polar surface area (TPSA) is 56.3 Å². The molecular formula is C28H21NO3. The van der Waals surface area contributed by atoms with E-state index in [4.69, 9.17) is 9.72 Å². The Kier molecular flexibility index (Phi) is 5.34. The van der Waals surface area contributed by atoms with E-state index in [9.17, 15) is 9.59 Å². The number of hydrogen-bond donors (Lipinski definition) is 0. The number of hydrogen-bond acceptors (Lipinski definition) is 4. The van der Waals surface area contributed by atoms with Gasteiger partial charge < -0.3 is 4.74 Å². The molecule has 32 heavy (non-hydrogen) atoms. The zero-order valence-electron chi connectivity index (χ0n) is 17.5. The van der Waals surface area contributed by atoms with E-state index in [2.05, 4.69) is 18.2 Å². The van der Waals surface area contributed by atoms with Crippen LogP contribution in [0.1, 0.15) is 44.0 Å². The Bertz CT molecular complexity index is 1340. The number of Topliss-reactive ketones (excluding diaryl/α,β-unsaturated/α-hetero) is 1. The molecule has 4 aromatic rings. The highest BCUT2D eigenvalue weighted by molar-refractivity contribution is 6.08. The third-order valence-electron chi connectivity index (χ3n) is 5.72. The van der Waals surface area contributed by atoms with Crippen LogP contribution in [-0.4, -0.2) is 23.3 Å². The van der Waals surface area contributed by atoms with Gasteiger partial charge >= 0.3 is 5.97 Å². The summed E-state index contributed by atoms with van der Waals surface area (Å²) in [4.78, 5) is 30.5. The predicted octanol–water partition coefficient (Wildman–Crippen LogP) is 5.76. The number of carbonyl (C=O) groups is 2. The molecule has 0 radical (unpaired) electrons. The van der Waals surface area contributed by atoms with Gasteiger partial charge in [-0.3, -0.25) is 4.79 Å². The normalized spacial score (nSPS) is 13.8. The molecule has 0 amide bonds. The number of carbonyl (C=O) groups excluding carboxylic acids is 2. The Morgan fingerprint density at radius 2 is 1.53 bits per heavy atom. The molecular weight excluding hydrogens is 398 g/mol. The van der Waals surface area contributed by atoms with Crippen molar-refractivity contribution in [1.82, 2.24) is 4.98 Å². The Morgan fingerprint density at radius 3 is 2.31 bits per heavy atom. The average Bonchev–Trinajstić information content (AvgIpc) is 3.23. The maximum atomic E-state index is 13.2. The molecule has 1 heterocycles. The van der Waals surface area contributed by atoms with E-state index in [-0.39, 0.29) is 12.4 Å². The number of benzene rings is 3. The molecule has 0 spiro atoms. The smallest absolute Gasteiger partial charge is 0.339 e. The summed E-state index contributed by atoms with van der Waals surface area (Å²) in [6, 6.07) is 26.5. The zero-order chi connectivity index (χ0) is 21.9. The highest BCUT2D eigenvalue weighted by Crippen LogP contribution is 2.37. The van der Waals surface area contributed by atoms with Crippen LogP contribution in [0.3, 0.4) is 0 Å². The average molecular weight is 419 g/mol. The number of allylic oxidation sites excluding steroid dienone is 1. The van der Waals surface area contributed by atoms with Crippen LogP contribution in [0.5, 0.6) is 0 Å². The molecule has 1 aliphatic rings. The molecule has 0 N–H and O–H groups in total. The fourth-order valence-electron chi connectivity index (χ4n) is 4.17. The zero-order valence-corrected chi connectivity index (χ0v) is 17.5. The highest BCUT2D eigenvalue weighted by Gasteiger charge is 2.28. The lowest BCUT2D eigenvalue weighted by atomic mass is 10.0. The third-order valence-corrected chi connectivity index (χ3v) is 5.72. The second-order valence-corrected chi connectivity index (χ2v) is 7.78. The van der Waals surface area contributed by atoms with Crippen LogP contribution in [0, 0.1) is 0 Å². The summed E-state index contributed by atoms with van der Waals surface area (Å²) >= 11 is 0. The van der Waals surface area contributed by atoms with Crippen LogP contribution in [-0.2, 0) is 11.2 Å². The summed E-state index contributed by atoms with van der Waals surface area (Å²) in [5.41, 5.74) is 5.72. The molecule has 0 unspecified atom stereocenters. The molecule has 4 nitrogen and oxygen atoms in total. The van der Waals surface area contributed by atoms with Gasteiger partial charge in [0.1, 0.15) is 0 Å². The molecule has 1 aromatic heterocycles. The summed E-state index contributed by atoms with van der Waals surface area (Å²) in [6.45, 7) is -0.291. The Labute approximate surface area is 186 Å². The van der Waals surface area contributed by atoms with Crippen LogP contribution < -0.4 is 0 Å².